The molecule has 1 aromatic carbocycles. The first kappa shape index (κ1) is 12.0. The molecule has 0 aromatic heterocycles. The SMILES string of the molecule is CCC(CC)C(=O)N1Cc2ccc(N)cc2C1. The summed E-state index contributed by atoms with van der Waals surface area (Å²) in [6.45, 7) is 5.61. The zero-order valence-electron chi connectivity index (χ0n) is 10.6. The molecule has 0 atom stereocenters. The van der Waals surface area contributed by atoms with Gasteiger partial charge in [-0.1, -0.05) is 19.9 Å². The summed E-state index contributed by atoms with van der Waals surface area (Å²) in [5.74, 6) is 0.450. The minimum absolute atomic E-state index is 0.168. The maximum absolute atomic E-state index is 12.3. The summed E-state index contributed by atoms with van der Waals surface area (Å²) >= 11 is 0. The summed E-state index contributed by atoms with van der Waals surface area (Å²) in [6, 6.07) is 5.92. The predicted octanol–water partition coefficient (Wildman–Crippen LogP) is 2.55. The van der Waals surface area contributed by atoms with Crippen molar-refractivity contribution >= 4 is 11.6 Å². The van der Waals surface area contributed by atoms with E-state index >= 15 is 0 Å². The number of nitrogen functional groups attached to an aromatic ring is 1. The molecule has 1 amide bonds. The van der Waals surface area contributed by atoms with E-state index in [1.165, 1.54) is 11.1 Å². The summed E-state index contributed by atoms with van der Waals surface area (Å²) in [7, 11) is 0. The molecule has 2 rings (SSSR count). The van der Waals surface area contributed by atoms with Crippen molar-refractivity contribution in [1.29, 1.82) is 0 Å². The third kappa shape index (κ3) is 2.28. The highest BCUT2D eigenvalue weighted by molar-refractivity contribution is 5.79. The lowest BCUT2D eigenvalue weighted by Crippen LogP contribution is -2.31. The number of carbonyl (C=O) groups is 1. The maximum atomic E-state index is 12.3. The molecule has 17 heavy (non-hydrogen) atoms. The van der Waals surface area contributed by atoms with Gasteiger partial charge in [0, 0.05) is 24.7 Å². The van der Waals surface area contributed by atoms with Gasteiger partial charge in [0.25, 0.3) is 0 Å². The second-order valence-electron chi connectivity index (χ2n) is 4.74. The Morgan fingerprint density at radius 2 is 1.94 bits per heavy atom. The molecule has 0 spiro atoms. The molecule has 1 aliphatic rings. The van der Waals surface area contributed by atoms with E-state index in [0.29, 0.717) is 0 Å². The predicted molar refractivity (Wildman–Crippen MR) is 69.2 cm³/mol. The first-order valence-corrected chi connectivity index (χ1v) is 6.31. The number of benzene rings is 1. The van der Waals surface area contributed by atoms with E-state index in [-0.39, 0.29) is 11.8 Å². The van der Waals surface area contributed by atoms with Crippen LogP contribution in [0.25, 0.3) is 0 Å². The van der Waals surface area contributed by atoms with Crippen LogP contribution < -0.4 is 5.73 Å². The van der Waals surface area contributed by atoms with Crippen molar-refractivity contribution in [3.8, 4) is 0 Å². The Morgan fingerprint density at radius 3 is 2.59 bits per heavy atom. The van der Waals surface area contributed by atoms with Gasteiger partial charge >= 0.3 is 0 Å². The quantitative estimate of drug-likeness (QED) is 0.814. The highest BCUT2D eigenvalue weighted by Gasteiger charge is 2.27. The van der Waals surface area contributed by atoms with Gasteiger partial charge in [-0.2, -0.15) is 0 Å². The van der Waals surface area contributed by atoms with E-state index < -0.39 is 0 Å². The number of fused-ring (bicyclic) bond motifs is 1. The number of amides is 1. The fraction of sp³-hybridized carbons (Fsp3) is 0.500. The van der Waals surface area contributed by atoms with Crippen molar-refractivity contribution in [1.82, 2.24) is 4.90 Å². The Morgan fingerprint density at radius 1 is 1.29 bits per heavy atom. The summed E-state index contributed by atoms with van der Waals surface area (Å²) in [5, 5.41) is 0. The van der Waals surface area contributed by atoms with Gasteiger partial charge in [-0.3, -0.25) is 4.79 Å². The number of nitrogens with two attached hydrogens (primary N) is 1. The first-order chi connectivity index (χ1) is 8.15. The van der Waals surface area contributed by atoms with Crippen molar-refractivity contribution < 1.29 is 4.79 Å². The van der Waals surface area contributed by atoms with E-state index in [4.69, 9.17) is 5.73 Å². The summed E-state index contributed by atoms with van der Waals surface area (Å²) in [5.41, 5.74) is 8.97. The number of nitrogens with zero attached hydrogens (tertiary/aromatic N) is 1. The van der Waals surface area contributed by atoms with Crippen LogP contribution in [0, 0.1) is 5.92 Å². The number of hydrogen-bond donors (Lipinski definition) is 1. The topological polar surface area (TPSA) is 46.3 Å². The zero-order valence-corrected chi connectivity index (χ0v) is 10.6. The van der Waals surface area contributed by atoms with Gasteiger partial charge in [-0.05, 0) is 36.1 Å². The first-order valence-electron chi connectivity index (χ1n) is 6.31. The highest BCUT2D eigenvalue weighted by atomic mass is 16.2. The van der Waals surface area contributed by atoms with Gasteiger partial charge in [0.05, 0.1) is 0 Å². The molecule has 3 heteroatoms. The average Bonchev–Trinajstić information content (AvgIpc) is 2.73. The van der Waals surface area contributed by atoms with Gasteiger partial charge in [0.15, 0.2) is 0 Å². The van der Waals surface area contributed by atoms with Crippen LogP contribution in [0.4, 0.5) is 5.69 Å². The van der Waals surface area contributed by atoms with E-state index in [0.717, 1.165) is 31.6 Å². The van der Waals surface area contributed by atoms with E-state index in [1.54, 1.807) is 0 Å². The minimum Gasteiger partial charge on any atom is -0.399 e. The summed E-state index contributed by atoms with van der Waals surface area (Å²) in [6.07, 6.45) is 1.84. The normalized spacial score (nSPS) is 14.2. The Kier molecular flexibility index (Phi) is 3.36. The summed E-state index contributed by atoms with van der Waals surface area (Å²) < 4.78 is 0. The molecule has 1 aliphatic heterocycles. The Labute approximate surface area is 103 Å². The Balaban J connectivity index is 2.12. The van der Waals surface area contributed by atoms with Crippen LogP contribution in [0.15, 0.2) is 18.2 Å². The molecule has 92 valence electrons. The second-order valence-corrected chi connectivity index (χ2v) is 4.74. The second kappa shape index (κ2) is 4.78. The molecule has 0 unspecified atom stereocenters. The highest BCUT2D eigenvalue weighted by Crippen LogP contribution is 2.27. The average molecular weight is 232 g/mol. The molecule has 2 N–H and O–H groups in total. The van der Waals surface area contributed by atoms with Gasteiger partial charge in [0.2, 0.25) is 5.91 Å². The van der Waals surface area contributed by atoms with Crippen LogP contribution in [0.3, 0.4) is 0 Å². The number of carbonyl (C=O) groups excluding carboxylic acids is 1. The monoisotopic (exact) mass is 232 g/mol. The largest absolute Gasteiger partial charge is 0.399 e. The van der Waals surface area contributed by atoms with E-state index in [2.05, 4.69) is 13.8 Å². The molecule has 1 heterocycles. The molecular weight excluding hydrogens is 212 g/mol. The van der Waals surface area contributed by atoms with Crippen molar-refractivity contribution in [2.45, 2.75) is 39.8 Å². The molecule has 0 fully saturated rings. The van der Waals surface area contributed by atoms with Gasteiger partial charge < -0.3 is 10.6 Å². The van der Waals surface area contributed by atoms with Crippen LogP contribution in [-0.2, 0) is 17.9 Å². The standard InChI is InChI=1S/C14H20N2O/c1-3-10(4-2)14(17)16-8-11-5-6-13(15)7-12(11)9-16/h5-7,10H,3-4,8-9,15H2,1-2H3. The van der Waals surface area contributed by atoms with E-state index in [9.17, 15) is 4.79 Å². The minimum atomic E-state index is 0.168. The third-order valence-corrected chi connectivity index (χ3v) is 3.60. The van der Waals surface area contributed by atoms with Crippen molar-refractivity contribution in [2.75, 3.05) is 5.73 Å². The lowest BCUT2D eigenvalue weighted by atomic mass is 10.0. The van der Waals surface area contributed by atoms with Crippen LogP contribution >= 0.6 is 0 Å². The van der Waals surface area contributed by atoms with Crippen LogP contribution in [0.5, 0.6) is 0 Å². The van der Waals surface area contributed by atoms with Gasteiger partial charge in [0.1, 0.15) is 0 Å². The van der Waals surface area contributed by atoms with E-state index in [1.807, 2.05) is 23.1 Å². The Bertz CT molecular complexity index is 424. The van der Waals surface area contributed by atoms with Crippen LogP contribution in [0.1, 0.15) is 37.8 Å². The van der Waals surface area contributed by atoms with Crippen LogP contribution in [0.2, 0.25) is 0 Å². The fourth-order valence-corrected chi connectivity index (χ4v) is 2.47. The Hall–Kier alpha value is -1.51. The number of anilines is 1. The lowest BCUT2D eigenvalue weighted by Gasteiger charge is -2.21. The maximum Gasteiger partial charge on any atom is 0.226 e. The zero-order chi connectivity index (χ0) is 12.4. The molecule has 3 nitrogen and oxygen atoms in total. The molecule has 0 aliphatic carbocycles. The van der Waals surface area contributed by atoms with Gasteiger partial charge in [-0.25, -0.2) is 0 Å². The van der Waals surface area contributed by atoms with Crippen molar-refractivity contribution in [2.24, 2.45) is 5.92 Å². The molecule has 0 radical (unpaired) electrons. The smallest absolute Gasteiger partial charge is 0.226 e. The fourth-order valence-electron chi connectivity index (χ4n) is 2.47. The molecule has 0 saturated carbocycles. The molecule has 1 aromatic rings. The van der Waals surface area contributed by atoms with Crippen molar-refractivity contribution in [3.05, 3.63) is 29.3 Å². The third-order valence-electron chi connectivity index (χ3n) is 3.60. The molecular formula is C14H20N2O. The number of hydrogen-bond acceptors (Lipinski definition) is 2. The lowest BCUT2D eigenvalue weighted by molar-refractivity contribution is -0.136. The van der Waals surface area contributed by atoms with Gasteiger partial charge in [-0.15, -0.1) is 0 Å². The molecule has 0 saturated heterocycles. The molecule has 0 bridgehead atoms. The summed E-state index contributed by atoms with van der Waals surface area (Å²) in [4.78, 5) is 14.2. The van der Waals surface area contributed by atoms with Crippen molar-refractivity contribution in [3.63, 3.8) is 0 Å². The number of rotatable bonds is 3. The van der Waals surface area contributed by atoms with Crippen LogP contribution in [-0.4, -0.2) is 10.8 Å².